The molecule has 1 aliphatic rings. The molecule has 2 amide bonds. The Morgan fingerprint density at radius 1 is 1.39 bits per heavy atom. The van der Waals surface area contributed by atoms with Crippen molar-refractivity contribution in [3.63, 3.8) is 0 Å². The molecule has 6 nitrogen and oxygen atoms in total. The summed E-state index contributed by atoms with van der Waals surface area (Å²) >= 11 is 0. The molecular weight excluding hydrogens is 234 g/mol. The Hall–Kier alpha value is -2.08. The molecule has 1 aliphatic heterocycles. The first-order chi connectivity index (χ1) is 8.65. The summed E-state index contributed by atoms with van der Waals surface area (Å²) in [7, 11) is 0. The summed E-state index contributed by atoms with van der Waals surface area (Å²) in [5, 5.41) is 11.9. The van der Waals surface area contributed by atoms with Crippen molar-refractivity contribution >= 4 is 11.8 Å². The van der Waals surface area contributed by atoms with Crippen LogP contribution in [-0.4, -0.2) is 29.5 Å². The van der Waals surface area contributed by atoms with E-state index in [1.54, 1.807) is 24.3 Å². The Morgan fingerprint density at radius 2 is 2.11 bits per heavy atom. The Morgan fingerprint density at radius 3 is 2.72 bits per heavy atom. The minimum atomic E-state index is -0.489. The molecule has 0 radical (unpaired) electrons. The van der Waals surface area contributed by atoms with Crippen molar-refractivity contribution in [3.05, 3.63) is 29.8 Å². The Balaban J connectivity index is 1.73. The van der Waals surface area contributed by atoms with Gasteiger partial charge in [-0.15, -0.1) is 0 Å². The zero-order valence-electron chi connectivity index (χ0n) is 9.77. The number of rotatable bonds is 4. The second-order valence-corrected chi connectivity index (χ2v) is 4.16. The third kappa shape index (κ3) is 3.21. The average molecular weight is 249 g/mol. The second kappa shape index (κ2) is 5.50. The van der Waals surface area contributed by atoms with Crippen LogP contribution >= 0.6 is 0 Å². The molecule has 1 atom stereocenters. The highest BCUT2D eigenvalue weighted by molar-refractivity contribution is 5.90. The number of amides is 2. The zero-order valence-corrected chi connectivity index (χ0v) is 9.77. The van der Waals surface area contributed by atoms with Crippen LogP contribution < -0.4 is 16.2 Å². The van der Waals surface area contributed by atoms with Gasteiger partial charge in [0.25, 0.3) is 0 Å². The normalized spacial score (nSPS) is 18.4. The minimum absolute atomic E-state index is 0.172. The van der Waals surface area contributed by atoms with Crippen LogP contribution in [0.2, 0.25) is 0 Å². The molecule has 1 heterocycles. The van der Waals surface area contributed by atoms with Gasteiger partial charge in [-0.3, -0.25) is 15.0 Å². The average Bonchev–Trinajstić information content (AvgIpc) is 2.78. The minimum Gasteiger partial charge on any atom is -0.508 e. The molecule has 0 aliphatic carbocycles. The lowest BCUT2D eigenvalue weighted by Crippen LogP contribution is -2.43. The van der Waals surface area contributed by atoms with Gasteiger partial charge in [0.05, 0.1) is 6.42 Å². The Kier molecular flexibility index (Phi) is 3.78. The van der Waals surface area contributed by atoms with Gasteiger partial charge in [-0.1, -0.05) is 12.1 Å². The van der Waals surface area contributed by atoms with Crippen molar-refractivity contribution in [2.75, 3.05) is 6.54 Å². The molecule has 96 valence electrons. The topological polar surface area (TPSA) is 90.5 Å². The third-order valence-electron chi connectivity index (χ3n) is 2.74. The van der Waals surface area contributed by atoms with Crippen LogP contribution in [0.1, 0.15) is 12.0 Å². The molecule has 6 heteroatoms. The van der Waals surface area contributed by atoms with Crippen LogP contribution in [0.15, 0.2) is 24.3 Å². The SMILES string of the molecule is O=C1CC(C(=O)NCCc2ccc(O)cc2)NN1. The summed E-state index contributed by atoms with van der Waals surface area (Å²) < 4.78 is 0. The number of phenolic OH excluding ortho intramolecular Hbond substituents is 1. The van der Waals surface area contributed by atoms with E-state index in [0.29, 0.717) is 13.0 Å². The lowest BCUT2D eigenvalue weighted by Gasteiger charge is -2.09. The lowest BCUT2D eigenvalue weighted by atomic mass is 10.1. The number of aromatic hydroxyl groups is 1. The molecule has 0 aromatic heterocycles. The molecule has 2 rings (SSSR count). The van der Waals surface area contributed by atoms with Crippen molar-refractivity contribution in [3.8, 4) is 5.75 Å². The number of benzene rings is 1. The predicted molar refractivity (Wildman–Crippen MR) is 64.5 cm³/mol. The third-order valence-corrected chi connectivity index (χ3v) is 2.74. The summed E-state index contributed by atoms with van der Waals surface area (Å²) in [4.78, 5) is 22.5. The van der Waals surface area contributed by atoms with E-state index in [-0.39, 0.29) is 24.0 Å². The molecule has 0 bridgehead atoms. The van der Waals surface area contributed by atoms with E-state index in [9.17, 15) is 9.59 Å². The summed E-state index contributed by atoms with van der Waals surface area (Å²) in [6.45, 7) is 0.496. The monoisotopic (exact) mass is 249 g/mol. The van der Waals surface area contributed by atoms with Crippen molar-refractivity contribution in [1.82, 2.24) is 16.2 Å². The van der Waals surface area contributed by atoms with E-state index in [1.165, 1.54) is 0 Å². The van der Waals surface area contributed by atoms with Crippen LogP contribution in [0.25, 0.3) is 0 Å². The first-order valence-electron chi connectivity index (χ1n) is 5.75. The molecule has 1 saturated heterocycles. The van der Waals surface area contributed by atoms with Gasteiger partial charge in [-0.05, 0) is 24.1 Å². The van der Waals surface area contributed by atoms with Crippen LogP contribution in [-0.2, 0) is 16.0 Å². The molecule has 1 aromatic carbocycles. The summed E-state index contributed by atoms with van der Waals surface area (Å²) in [5.41, 5.74) is 6.03. The van der Waals surface area contributed by atoms with Crippen LogP contribution in [0.3, 0.4) is 0 Å². The number of nitrogens with one attached hydrogen (secondary N) is 3. The van der Waals surface area contributed by atoms with E-state index < -0.39 is 6.04 Å². The first-order valence-corrected chi connectivity index (χ1v) is 5.75. The fourth-order valence-corrected chi connectivity index (χ4v) is 1.73. The van der Waals surface area contributed by atoms with Crippen molar-refractivity contribution in [2.45, 2.75) is 18.9 Å². The molecule has 1 fully saturated rings. The fourth-order valence-electron chi connectivity index (χ4n) is 1.73. The smallest absolute Gasteiger partial charge is 0.239 e. The lowest BCUT2D eigenvalue weighted by molar-refractivity contribution is -0.124. The van der Waals surface area contributed by atoms with E-state index in [2.05, 4.69) is 16.2 Å². The van der Waals surface area contributed by atoms with E-state index in [1.807, 2.05) is 0 Å². The number of carbonyl (C=O) groups excluding carboxylic acids is 2. The Labute approximate surface area is 104 Å². The maximum absolute atomic E-state index is 11.6. The highest BCUT2D eigenvalue weighted by atomic mass is 16.3. The number of phenols is 1. The number of hydrogen-bond acceptors (Lipinski definition) is 4. The maximum atomic E-state index is 11.6. The molecule has 18 heavy (non-hydrogen) atoms. The molecule has 0 spiro atoms. The molecular formula is C12H15N3O3. The van der Waals surface area contributed by atoms with Gasteiger partial charge in [0, 0.05) is 6.54 Å². The van der Waals surface area contributed by atoms with E-state index in [0.717, 1.165) is 5.56 Å². The highest BCUT2D eigenvalue weighted by Gasteiger charge is 2.26. The van der Waals surface area contributed by atoms with Gasteiger partial charge in [0.1, 0.15) is 11.8 Å². The fraction of sp³-hybridized carbons (Fsp3) is 0.333. The van der Waals surface area contributed by atoms with Gasteiger partial charge in [0.2, 0.25) is 11.8 Å². The number of carbonyl (C=O) groups is 2. The summed E-state index contributed by atoms with van der Waals surface area (Å²) in [5.74, 6) is -0.136. The van der Waals surface area contributed by atoms with Gasteiger partial charge < -0.3 is 10.4 Å². The van der Waals surface area contributed by atoms with Gasteiger partial charge in [0.15, 0.2) is 0 Å². The Bertz CT molecular complexity index is 444. The van der Waals surface area contributed by atoms with Crippen LogP contribution in [0, 0.1) is 0 Å². The number of hydrazine groups is 1. The second-order valence-electron chi connectivity index (χ2n) is 4.16. The van der Waals surface area contributed by atoms with Gasteiger partial charge in [-0.2, -0.15) is 0 Å². The number of hydrogen-bond donors (Lipinski definition) is 4. The molecule has 0 saturated carbocycles. The van der Waals surface area contributed by atoms with E-state index >= 15 is 0 Å². The summed E-state index contributed by atoms with van der Waals surface area (Å²) in [6, 6.07) is 6.34. The van der Waals surface area contributed by atoms with Crippen molar-refractivity contribution < 1.29 is 14.7 Å². The first kappa shape index (κ1) is 12.4. The zero-order chi connectivity index (χ0) is 13.0. The quantitative estimate of drug-likeness (QED) is 0.576. The summed E-state index contributed by atoms with van der Waals surface area (Å²) in [6.07, 6.45) is 0.852. The van der Waals surface area contributed by atoms with Crippen molar-refractivity contribution in [2.24, 2.45) is 0 Å². The molecule has 1 aromatic rings. The molecule has 1 unspecified atom stereocenters. The van der Waals surface area contributed by atoms with Crippen molar-refractivity contribution in [1.29, 1.82) is 0 Å². The van der Waals surface area contributed by atoms with Gasteiger partial charge >= 0.3 is 0 Å². The molecule has 4 N–H and O–H groups in total. The predicted octanol–water partition coefficient (Wildman–Crippen LogP) is -0.556. The largest absolute Gasteiger partial charge is 0.508 e. The maximum Gasteiger partial charge on any atom is 0.239 e. The van der Waals surface area contributed by atoms with Crippen LogP contribution in [0.5, 0.6) is 5.75 Å². The van der Waals surface area contributed by atoms with Crippen LogP contribution in [0.4, 0.5) is 0 Å². The van der Waals surface area contributed by atoms with E-state index in [4.69, 9.17) is 5.11 Å². The highest BCUT2D eigenvalue weighted by Crippen LogP contribution is 2.09. The standard InChI is InChI=1S/C12H15N3O3/c16-9-3-1-8(2-4-9)5-6-13-12(18)10-7-11(17)15-14-10/h1-4,10,14,16H,5-7H2,(H,13,18)(H,15,17). The van der Waals surface area contributed by atoms with Gasteiger partial charge in [-0.25, -0.2) is 5.43 Å².